The van der Waals surface area contributed by atoms with E-state index in [1.165, 1.54) is 6.07 Å². The van der Waals surface area contributed by atoms with E-state index < -0.39 is 37.7 Å². The Balaban J connectivity index is 3.16. The minimum absolute atomic E-state index is 0.0469. The van der Waals surface area contributed by atoms with Crippen LogP contribution >= 0.6 is 0 Å². The second kappa shape index (κ2) is 5.22. The van der Waals surface area contributed by atoms with Gasteiger partial charge in [0.1, 0.15) is 16.0 Å². The first-order valence-electron chi connectivity index (χ1n) is 5.05. The Bertz CT molecular complexity index is 630. The van der Waals surface area contributed by atoms with Gasteiger partial charge in [-0.15, -0.1) is 0 Å². The molecule has 104 valence electrons. The Morgan fingerprint density at radius 3 is 2.42 bits per heavy atom. The maximum atomic E-state index is 13.5. The average molecular weight is 289 g/mol. The number of anilines is 1. The molecular weight excluding hydrogens is 277 g/mol. The molecule has 7 nitrogen and oxygen atoms in total. The maximum absolute atomic E-state index is 13.5. The van der Waals surface area contributed by atoms with Gasteiger partial charge in [-0.1, -0.05) is 0 Å². The van der Waals surface area contributed by atoms with Crippen LogP contribution in [0.25, 0.3) is 0 Å². The van der Waals surface area contributed by atoms with E-state index in [-0.39, 0.29) is 5.69 Å². The van der Waals surface area contributed by atoms with Gasteiger partial charge in [-0.25, -0.2) is 17.6 Å². The number of imide groups is 1. The van der Waals surface area contributed by atoms with Crippen LogP contribution < -0.4 is 16.8 Å². The lowest BCUT2D eigenvalue weighted by Gasteiger charge is -2.12. The van der Waals surface area contributed by atoms with E-state index in [1.807, 2.05) is 0 Å². The number of carbonyl (C=O) groups excluding carboxylic acids is 2. The fraction of sp³-hybridized carbons (Fsp3) is 0.200. The van der Waals surface area contributed by atoms with Gasteiger partial charge < -0.3 is 11.5 Å². The predicted octanol–water partition coefficient (Wildman–Crippen LogP) is -0.235. The molecule has 3 amide bonds. The molecule has 0 bridgehead atoms. The normalized spacial score (nSPS) is 12.7. The van der Waals surface area contributed by atoms with E-state index in [1.54, 1.807) is 5.32 Å². The highest BCUT2D eigenvalue weighted by molar-refractivity contribution is 7.92. The number of hydrogen-bond donors (Lipinski definition) is 3. The number of sulfone groups is 1. The van der Waals surface area contributed by atoms with Crippen molar-refractivity contribution >= 4 is 27.5 Å². The molecule has 0 aromatic heterocycles. The Morgan fingerprint density at radius 2 is 1.95 bits per heavy atom. The highest BCUT2D eigenvalue weighted by Gasteiger charge is 2.32. The van der Waals surface area contributed by atoms with E-state index in [4.69, 9.17) is 11.5 Å². The first-order chi connectivity index (χ1) is 8.66. The van der Waals surface area contributed by atoms with Crippen LogP contribution in [0.4, 0.5) is 14.9 Å². The standard InChI is InChI=1S/C10H12FN3O4S/c1-5(9(15)14-10(13)16)19(17,18)8-3-2-6(12)4-7(8)11/h2-5H,12H2,1H3,(H3,13,14,15,16). The molecule has 0 radical (unpaired) electrons. The number of primary amides is 1. The summed E-state index contributed by atoms with van der Waals surface area (Å²) in [6.45, 7) is 1.02. The molecule has 0 saturated carbocycles. The molecule has 1 unspecified atom stereocenters. The van der Waals surface area contributed by atoms with Crippen molar-refractivity contribution in [1.29, 1.82) is 0 Å². The second-order valence-electron chi connectivity index (χ2n) is 3.73. The molecule has 0 aliphatic carbocycles. The van der Waals surface area contributed by atoms with Crippen LogP contribution in [-0.2, 0) is 14.6 Å². The molecule has 0 aliphatic heterocycles. The van der Waals surface area contributed by atoms with E-state index in [0.717, 1.165) is 19.1 Å². The Hall–Kier alpha value is -2.16. The molecule has 0 spiro atoms. The van der Waals surface area contributed by atoms with Gasteiger partial charge in [0.05, 0.1) is 0 Å². The average Bonchev–Trinajstić information content (AvgIpc) is 2.26. The molecule has 0 fully saturated rings. The van der Waals surface area contributed by atoms with Crippen molar-refractivity contribution in [2.45, 2.75) is 17.1 Å². The summed E-state index contributed by atoms with van der Waals surface area (Å²) in [5.74, 6) is -2.21. The molecule has 1 atom stereocenters. The van der Waals surface area contributed by atoms with Gasteiger partial charge in [0, 0.05) is 5.69 Å². The number of nitrogen functional groups attached to an aromatic ring is 1. The number of nitrogens with one attached hydrogen (secondary N) is 1. The number of amides is 3. The predicted molar refractivity (Wildman–Crippen MR) is 65.2 cm³/mol. The number of urea groups is 1. The van der Waals surface area contributed by atoms with Gasteiger partial charge in [0.25, 0.3) is 0 Å². The largest absolute Gasteiger partial charge is 0.399 e. The molecule has 0 aliphatic rings. The summed E-state index contributed by atoms with van der Waals surface area (Å²) in [5.41, 5.74) is 10.1. The van der Waals surface area contributed by atoms with E-state index in [2.05, 4.69) is 0 Å². The third-order valence-electron chi connectivity index (χ3n) is 2.34. The van der Waals surface area contributed by atoms with Crippen LogP contribution in [0.2, 0.25) is 0 Å². The number of nitrogens with two attached hydrogens (primary N) is 2. The molecule has 19 heavy (non-hydrogen) atoms. The van der Waals surface area contributed by atoms with Gasteiger partial charge in [-0.3, -0.25) is 10.1 Å². The third kappa shape index (κ3) is 3.19. The van der Waals surface area contributed by atoms with Crippen molar-refractivity contribution in [3.8, 4) is 0 Å². The zero-order chi connectivity index (χ0) is 14.8. The van der Waals surface area contributed by atoms with Crippen LogP contribution in [0, 0.1) is 5.82 Å². The fourth-order valence-corrected chi connectivity index (χ4v) is 2.61. The van der Waals surface area contributed by atoms with E-state index in [9.17, 15) is 22.4 Å². The first kappa shape index (κ1) is 14.9. The highest BCUT2D eigenvalue weighted by Crippen LogP contribution is 2.21. The number of rotatable bonds is 3. The highest BCUT2D eigenvalue weighted by atomic mass is 32.2. The minimum Gasteiger partial charge on any atom is -0.399 e. The SMILES string of the molecule is CC(C(=O)NC(N)=O)S(=O)(=O)c1ccc(N)cc1F. The van der Waals surface area contributed by atoms with Crippen molar-refractivity contribution in [3.05, 3.63) is 24.0 Å². The number of benzene rings is 1. The minimum atomic E-state index is -4.28. The van der Waals surface area contributed by atoms with Crippen molar-refractivity contribution in [2.24, 2.45) is 5.73 Å². The quantitative estimate of drug-likeness (QED) is 0.661. The van der Waals surface area contributed by atoms with Crippen molar-refractivity contribution in [1.82, 2.24) is 5.32 Å². The molecular formula is C10H12FN3O4S. The molecule has 9 heteroatoms. The van der Waals surface area contributed by atoms with Crippen LogP contribution in [-0.4, -0.2) is 25.6 Å². The second-order valence-corrected chi connectivity index (χ2v) is 5.97. The van der Waals surface area contributed by atoms with Crippen LogP contribution in [0.15, 0.2) is 23.1 Å². The fourth-order valence-electron chi connectivity index (χ4n) is 1.30. The topological polar surface area (TPSA) is 132 Å². The zero-order valence-corrected chi connectivity index (χ0v) is 10.7. The summed E-state index contributed by atoms with van der Waals surface area (Å²) in [5, 5.41) is -0.0455. The molecule has 0 heterocycles. The molecule has 1 aromatic carbocycles. The third-order valence-corrected chi connectivity index (χ3v) is 4.43. The van der Waals surface area contributed by atoms with Gasteiger partial charge in [-0.05, 0) is 25.1 Å². The van der Waals surface area contributed by atoms with E-state index >= 15 is 0 Å². The number of carbonyl (C=O) groups is 2. The molecule has 0 saturated heterocycles. The lowest BCUT2D eigenvalue weighted by atomic mass is 10.3. The van der Waals surface area contributed by atoms with Gasteiger partial charge in [-0.2, -0.15) is 0 Å². The summed E-state index contributed by atoms with van der Waals surface area (Å²) in [7, 11) is -4.28. The lowest BCUT2D eigenvalue weighted by molar-refractivity contribution is -0.119. The first-order valence-corrected chi connectivity index (χ1v) is 6.60. The van der Waals surface area contributed by atoms with Gasteiger partial charge in [0.2, 0.25) is 5.91 Å². The summed E-state index contributed by atoms with van der Waals surface area (Å²) in [6, 6.07) is 1.78. The number of halogens is 1. The monoisotopic (exact) mass is 289 g/mol. The van der Waals surface area contributed by atoms with Crippen molar-refractivity contribution < 1.29 is 22.4 Å². The Labute approximate surface area is 108 Å². The zero-order valence-electron chi connectivity index (χ0n) is 9.88. The summed E-state index contributed by atoms with van der Waals surface area (Å²) >= 11 is 0. The van der Waals surface area contributed by atoms with E-state index in [0.29, 0.717) is 0 Å². The van der Waals surface area contributed by atoms with Crippen molar-refractivity contribution in [3.63, 3.8) is 0 Å². The van der Waals surface area contributed by atoms with Crippen LogP contribution in [0.3, 0.4) is 0 Å². The maximum Gasteiger partial charge on any atom is 0.318 e. The lowest BCUT2D eigenvalue weighted by Crippen LogP contribution is -2.43. The van der Waals surface area contributed by atoms with Crippen LogP contribution in [0.1, 0.15) is 6.92 Å². The summed E-state index contributed by atoms with van der Waals surface area (Å²) in [4.78, 5) is 21.2. The van der Waals surface area contributed by atoms with Gasteiger partial charge in [0.15, 0.2) is 9.84 Å². The smallest absolute Gasteiger partial charge is 0.318 e. The summed E-state index contributed by atoms with van der Waals surface area (Å²) in [6.07, 6.45) is 0. The Kier molecular flexibility index (Phi) is 4.10. The van der Waals surface area contributed by atoms with Crippen molar-refractivity contribution in [2.75, 3.05) is 5.73 Å². The van der Waals surface area contributed by atoms with Gasteiger partial charge >= 0.3 is 6.03 Å². The molecule has 1 rings (SSSR count). The molecule has 1 aromatic rings. The number of hydrogen-bond acceptors (Lipinski definition) is 5. The summed E-state index contributed by atoms with van der Waals surface area (Å²) < 4.78 is 37.5. The van der Waals surface area contributed by atoms with Crippen LogP contribution in [0.5, 0.6) is 0 Å². The molecule has 5 N–H and O–H groups in total. The Morgan fingerprint density at radius 1 is 1.37 bits per heavy atom.